The molecule has 3 nitrogen and oxygen atoms in total. The fourth-order valence-electron chi connectivity index (χ4n) is 2.19. The van der Waals surface area contributed by atoms with E-state index in [0.717, 1.165) is 32.0 Å². The highest BCUT2D eigenvalue weighted by atomic mass is 15.2. The molecule has 0 aliphatic heterocycles. The van der Waals surface area contributed by atoms with Gasteiger partial charge in [-0.1, -0.05) is 20.8 Å². The topological polar surface area (TPSA) is 28.2 Å². The van der Waals surface area contributed by atoms with Gasteiger partial charge in [-0.25, -0.2) is 4.98 Å². The molecule has 0 saturated heterocycles. The van der Waals surface area contributed by atoms with Crippen molar-refractivity contribution in [3.8, 4) is 0 Å². The predicted molar refractivity (Wildman–Crippen MR) is 79.1 cm³/mol. The van der Waals surface area contributed by atoms with Gasteiger partial charge in [0.15, 0.2) is 0 Å². The van der Waals surface area contributed by atoms with Crippen molar-refractivity contribution in [2.75, 3.05) is 24.5 Å². The van der Waals surface area contributed by atoms with Gasteiger partial charge >= 0.3 is 0 Å². The lowest BCUT2D eigenvalue weighted by Crippen LogP contribution is -2.26. The first-order valence-corrected chi connectivity index (χ1v) is 7.14. The Balaban J connectivity index is 2.81. The van der Waals surface area contributed by atoms with Crippen molar-refractivity contribution in [2.45, 2.75) is 47.1 Å². The van der Waals surface area contributed by atoms with Crippen LogP contribution in [0.2, 0.25) is 0 Å². The Morgan fingerprint density at radius 1 is 1.17 bits per heavy atom. The Morgan fingerprint density at radius 3 is 2.33 bits per heavy atom. The van der Waals surface area contributed by atoms with E-state index in [4.69, 9.17) is 0 Å². The van der Waals surface area contributed by atoms with Crippen molar-refractivity contribution in [3.05, 3.63) is 23.4 Å². The van der Waals surface area contributed by atoms with Crippen molar-refractivity contribution in [2.24, 2.45) is 0 Å². The summed E-state index contributed by atoms with van der Waals surface area (Å²) in [5.74, 6) is 1.15. The molecule has 0 amide bonds. The fraction of sp³-hybridized carbons (Fsp3) is 0.667. The van der Waals surface area contributed by atoms with E-state index in [0.29, 0.717) is 0 Å². The average molecular weight is 249 g/mol. The van der Waals surface area contributed by atoms with Gasteiger partial charge in [0.1, 0.15) is 5.82 Å². The third kappa shape index (κ3) is 4.30. The average Bonchev–Trinajstić information content (AvgIpc) is 2.36. The second-order valence-electron chi connectivity index (χ2n) is 4.75. The van der Waals surface area contributed by atoms with E-state index in [1.165, 1.54) is 24.0 Å². The molecule has 1 heterocycles. The number of aromatic nitrogens is 1. The zero-order valence-corrected chi connectivity index (χ0v) is 12.3. The lowest BCUT2D eigenvalue weighted by molar-refractivity contribution is 0.715. The number of rotatable bonds is 8. The van der Waals surface area contributed by atoms with E-state index >= 15 is 0 Å². The quantitative estimate of drug-likeness (QED) is 0.767. The van der Waals surface area contributed by atoms with Crippen LogP contribution in [0.4, 0.5) is 5.82 Å². The number of nitrogens with zero attached hydrogens (tertiary/aromatic N) is 2. The molecule has 1 N–H and O–H groups in total. The molecule has 1 aromatic heterocycles. The Bertz CT molecular complexity index is 344. The number of hydrogen-bond donors (Lipinski definition) is 1. The summed E-state index contributed by atoms with van der Waals surface area (Å²) in [6.45, 7) is 12.8. The third-order valence-electron chi connectivity index (χ3n) is 2.97. The first kappa shape index (κ1) is 15.0. The van der Waals surface area contributed by atoms with Gasteiger partial charge in [0.25, 0.3) is 0 Å². The zero-order valence-electron chi connectivity index (χ0n) is 12.3. The number of anilines is 1. The van der Waals surface area contributed by atoms with Crippen molar-refractivity contribution in [1.82, 2.24) is 10.3 Å². The second-order valence-corrected chi connectivity index (χ2v) is 4.75. The van der Waals surface area contributed by atoms with Crippen LogP contribution in [0.25, 0.3) is 0 Å². The van der Waals surface area contributed by atoms with Crippen LogP contribution in [0.1, 0.15) is 44.7 Å². The van der Waals surface area contributed by atoms with Crippen molar-refractivity contribution in [3.63, 3.8) is 0 Å². The number of pyridine rings is 1. The van der Waals surface area contributed by atoms with Crippen LogP contribution in [0.15, 0.2) is 12.3 Å². The minimum atomic E-state index is 0.909. The van der Waals surface area contributed by atoms with Gasteiger partial charge in [-0.05, 0) is 43.5 Å². The Morgan fingerprint density at radius 2 is 1.83 bits per heavy atom. The summed E-state index contributed by atoms with van der Waals surface area (Å²) in [7, 11) is 0. The van der Waals surface area contributed by atoms with Gasteiger partial charge in [0.2, 0.25) is 0 Å². The second kappa shape index (κ2) is 8.09. The summed E-state index contributed by atoms with van der Waals surface area (Å²) in [5, 5.41) is 3.34. The molecule has 0 aliphatic rings. The van der Waals surface area contributed by atoms with Crippen molar-refractivity contribution in [1.29, 1.82) is 0 Å². The molecule has 3 heteroatoms. The molecule has 0 spiro atoms. The molecule has 0 bridgehead atoms. The molecule has 0 aliphatic carbocycles. The summed E-state index contributed by atoms with van der Waals surface area (Å²) in [5.41, 5.74) is 2.55. The molecule has 1 aromatic rings. The number of aryl methyl sites for hydroxylation is 1. The summed E-state index contributed by atoms with van der Waals surface area (Å²) >= 11 is 0. The van der Waals surface area contributed by atoms with Crippen LogP contribution in [0.3, 0.4) is 0 Å². The minimum Gasteiger partial charge on any atom is -0.356 e. The Hall–Kier alpha value is -1.09. The molecular weight excluding hydrogens is 222 g/mol. The van der Waals surface area contributed by atoms with Crippen LogP contribution in [0, 0.1) is 6.92 Å². The highest BCUT2D eigenvalue weighted by molar-refractivity contribution is 5.47. The maximum absolute atomic E-state index is 4.65. The van der Waals surface area contributed by atoms with Gasteiger partial charge in [-0.15, -0.1) is 0 Å². The Labute approximate surface area is 112 Å². The van der Waals surface area contributed by atoms with Crippen molar-refractivity contribution < 1.29 is 0 Å². The third-order valence-corrected chi connectivity index (χ3v) is 2.97. The maximum atomic E-state index is 4.65. The van der Waals surface area contributed by atoms with Gasteiger partial charge < -0.3 is 10.2 Å². The molecule has 0 aromatic carbocycles. The predicted octanol–water partition coefficient (Wildman–Crippen LogP) is 3.13. The molecule has 102 valence electrons. The molecule has 0 radical (unpaired) electrons. The molecule has 18 heavy (non-hydrogen) atoms. The summed E-state index contributed by atoms with van der Waals surface area (Å²) in [4.78, 5) is 7.05. The van der Waals surface area contributed by atoms with Crippen molar-refractivity contribution >= 4 is 5.82 Å². The smallest absolute Gasteiger partial charge is 0.131 e. The van der Waals surface area contributed by atoms with Crippen LogP contribution in [0.5, 0.6) is 0 Å². The number of nitrogens with one attached hydrogen (secondary N) is 1. The maximum Gasteiger partial charge on any atom is 0.131 e. The van der Waals surface area contributed by atoms with Crippen LogP contribution >= 0.6 is 0 Å². The minimum absolute atomic E-state index is 0.909. The standard InChI is InChI=1S/C15H27N3/c1-5-8-18(9-6-2)15-13(4)10-14(12-17-15)11-16-7-3/h10,12,16H,5-9,11H2,1-4H3. The molecule has 1 rings (SSSR count). The largest absolute Gasteiger partial charge is 0.356 e. The molecule has 0 saturated carbocycles. The lowest BCUT2D eigenvalue weighted by Gasteiger charge is -2.24. The fourth-order valence-corrected chi connectivity index (χ4v) is 2.19. The molecule has 0 atom stereocenters. The monoisotopic (exact) mass is 249 g/mol. The lowest BCUT2D eigenvalue weighted by atomic mass is 10.2. The SMILES string of the molecule is CCCN(CCC)c1ncc(CNCC)cc1C. The number of hydrogen-bond acceptors (Lipinski definition) is 3. The normalized spacial score (nSPS) is 10.7. The van der Waals surface area contributed by atoms with E-state index < -0.39 is 0 Å². The van der Waals surface area contributed by atoms with Gasteiger partial charge in [0, 0.05) is 25.8 Å². The first-order valence-electron chi connectivity index (χ1n) is 7.14. The van der Waals surface area contributed by atoms with Gasteiger partial charge in [0.05, 0.1) is 0 Å². The van der Waals surface area contributed by atoms with E-state index in [1.807, 2.05) is 6.20 Å². The zero-order chi connectivity index (χ0) is 13.4. The molecule has 0 fully saturated rings. The highest BCUT2D eigenvalue weighted by Crippen LogP contribution is 2.18. The Kier molecular flexibility index (Phi) is 6.73. The van der Waals surface area contributed by atoms with E-state index in [-0.39, 0.29) is 0 Å². The summed E-state index contributed by atoms with van der Waals surface area (Å²) in [6.07, 6.45) is 4.34. The highest BCUT2D eigenvalue weighted by Gasteiger charge is 2.09. The summed E-state index contributed by atoms with van der Waals surface area (Å²) < 4.78 is 0. The first-order chi connectivity index (χ1) is 8.72. The van der Waals surface area contributed by atoms with Gasteiger partial charge in [-0.2, -0.15) is 0 Å². The van der Waals surface area contributed by atoms with Crippen LogP contribution < -0.4 is 10.2 Å². The summed E-state index contributed by atoms with van der Waals surface area (Å²) in [6, 6.07) is 2.25. The molecular formula is C15H27N3. The van der Waals surface area contributed by atoms with Crippen LogP contribution in [-0.4, -0.2) is 24.6 Å². The van der Waals surface area contributed by atoms with Crippen LogP contribution in [-0.2, 0) is 6.54 Å². The van der Waals surface area contributed by atoms with E-state index in [2.05, 4.69) is 49.0 Å². The van der Waals surface area contributed by atoms with E-state index in [9.17, 15) is 0 Å². The molecule has 0 unspecified atom stereocenters. The van der Waals surface area contributed by atoms with Gasteiger partial charge in [-0.3, -0.25) is 0 Å². The van der Waals surface area contributed by atoms with E-state index in [1.54, 1.807) is 0 Å².